The maximum absolute atomic E-state index is 13.3. The molecule has 17 heavy (non-hydrogen) atoms. The summed E-state index contributed by atoms with van der Waals surface area (Å²) in [5.74, 6) is -0.413. The van der Waals surface area contributed by atoms with Gasteiger partial charge >= 0.3 is 0 Å². The van der Waals surface area contributed by atoms with E-state index < -0.39 is 0 Å². The highest BCUT2D eigenvalue weighted by atomic mass is 127. The summed E-state index contributed by atoms with van der Waals surface area (Å²) < 4.78 is 13.8. The van der Waals surface area contributed by atoms with E-state index in [2.05, 4.69) is 5.32 Å². The van der Waals surface area contributed by atoms with Gasteiger partial charge in [-0.1, -0.05) is 0 Å². The molecular weight excluding hydrogens is 336 g/mol. The van der Waals surface area contributed by atoms with Gasteiger partial charge in [0.2, 0.25) is 5.91 Å². The van der Waals surface area contributed by atoms with Gasteiger partial charge in [-0.2, -0.15) is 0 Å². The third-order valence-corrected chi connectivity index (χ3v) is 3.25. The molecule has 1 aromatic carbocycles. The van der Waals surface area contributed by atoms with Gasteiger partial charge in [0, 0.05) is 19.7 Å². The van der Waals surface area contributed by atoms with Crippen molar-refractivity contribution in [1.82, 2.24) is 4.90 Å². The van der Waals surface area contributed by atoms with E-state index in [0.29, 0.717) is 21.5 Å². The molecule has 0 saturated carbocycles. The van der Waals surface area contributed by atoms with Gasteiger partial charge in [0.1, 0.15) is 5.82 Å². The SMILES string of the molecule is CCN(C)C(=O)CNc1cc(F)c(I)cc1N. The third kappa shape index (κ3) is 3.72. The molecular formula is C11H15FIN3O. The molecule has 0 fully saturated rings. The van der Waals surface area contributed by atoms with Gasteiger partial charge in [0.25, 0.3) is 0 Å². The van der Waals surface area contributed by atoms with Crippen molar-refractivity contribution in [3.8, 4) is 0 Å². The van der Waals surface area contributed by atoms with Crippen molar-refractivity contribution in [2.45, 2.75) is 6.92 Å². The van der Waals surface area contributed by atoms with Crippen LogP contribution in [0.25, 0.3) is 0 Å². The molecule has 0 aliphatic rings. The van der Waals surface area contributed by atoms with Crippen molar-refractivity contribution < 1.29 is 9.18 Å². The fourth-order valence-corrected chi connectivity index (χ4v) is 1.69. The zero-order valence-corrected chi connectivity index (χ0v) is 11.9. The number of carbonyl (C=O) groups is 1. The lowest BCUT2D eigenvalue weighted by Crippen LogP contribution is -2.32. The summed E-state index contributed by atoms with van der Waals surface area (Å²) in [5, 5.41) is 2.84. The summed E-state index contributed by atoms with van der Waals surface area (Å²) in [5.41, 5.74) is 6.60. The predicted molar refractivity (Wildman–Crippen MR) is 75.3 cm³/mol. The smallest absolute Gasteiger partial charge is 0.241 e. The number of likely N-dealkylation sites (N-methyl/N-ethyl adjacent to an activating group) is 1. The van der Waals surface area contributed by atoms with Gasteiger partial charge in [-0.25, -0.2) is 4.39 Å². The summed E-state index contributed by atoms with van der Waals surface area (Å²) in [6, 6.07) is 2.84. The number of rotatable bonds is 4. The van der Waals surface area contributed by atoms with E-state index in [9.17, 15) is 9.18 Å². The molecule has 0 aromatic heterocycles. The van der Waals surface area contributed by atoms with Crippen molar-refractivity contribution in [3.63, 3.8) is 0 Å². The third-order valence-electron chi connectivity index (χ3n) is 2.42. The number of hydrogen-bond donors (Lipinski definition) is 2. The van der Waals surface area contributed by atoms with Crippen molar-refractivity contribution in [2.24, 2.45) is 0 Å². The molecule has 0 aliphatic heterocycles. The summed E-state index contributed by atoms with van der Waals surface area (Å²) in [7, 11) is 1.71. The Morgan fingerprint density at radius 2 is 2.24 bits per heavy atom. The standard InChI is InChI=1S/C11H15FIN3O/c1-3-16(2)11(17)6-15-10-4-7(12)8(13)5-9(10)14/h4-5,15H,3,6,14H2,1-2H3. The highest BCUT2D eigenvalue weighted by molar-refractivity contribution is 14.1. The van der Waals surface area contributed by atoms with Crippen LogP contribution in [0.3, 0.4) is 0 Å². The first-order chi connectivity index (χ1) is 7.95. The number of nitrogens with one attached hydrogen (secondary N) is 1. The van der Waals surface area contributed by atoms with Gasteiger partial charge in [-0.05, 0) is 35.6 Å². The second-order valence-corrected chi connectivity index (χ2v) is 4.78. The summed E-state index contributed by atoms with van der Waals surface area (Å²) in [6.07, 6.45) is 0. The average molecular weight is 351 g/mol. The Kier molecular flexibility index (Phi) is 4.98. The number of nitrogens with two attached hydrogens (primary N) is 1. The summed E-state index contributed by atoms with van der Waals surface area (Å²) in [4.78, 5) is 13.1. The van der Waals surface area contributed by atoms with E-state index in [0.717, 1.165) is 0 Å². The van der Waals surface area contributed by atoms with E-state index >= 15 is 0 Å². The highest BCUT2D eigenvalue weighted by Gasteiger charge is 2.09. The van der Waals surface area contributed by atoms with Gasteiger partial charge in [0.05, 0.1) is 21.5 Å². The molecule has 1 amide bonds. The quantitative estimate of drug-likeness (QED) is 0.644. The zero-order chi connectivity index (χ0) is 13.0. The summed E-state index contributed by atoms with van der Waals surface area (Å²) in [6.45, 7) is 2.63. The van der Waals surface area contributed by atoms with Crippen LogP contribution >= 0.6 is 22.6 Å². The van der Waals surface area contributed by atoms with Crippen molar-refractivity contribution in [1.29, 1.82) is 0 Å². The molecule has 3 N–H and O–H groups in total. The topological polar surface area (TPSA) is 58.4 Å². The monoisotopic (exact) mass is 351 g/mol. The molecule has 4 nitrogen and oxygen atoms in total. The number of benzene rings is 1. The number of carbonyl (C=O) groups excluding carboxylic acids is 1. The summed E-state index contributed by atoms with van der Waals surface area (Å²) >= 11 is 1.87. The van der Waals surface area contributed by atoms with Crippen LogP contribution in [0.1, 0.15) is 6.92 Å². The number of nitrogens with zero attached hydrogens (tertiary/aromatic N) is 1. The number of amides is 1. The second kappa shape index (κ2) is 6.04. The molecule has 1 rings (SSSR count). The number of anilines is 2. The number of halogens is 2. The minimum Gasteiger partial charge on any atom is -0.397 e. The molecule has 0 unspecified atom stereocenters. The Bertz CT molecular complexity index is 425. The molecule has 0 atom stereocenters. The molecule has 0 bridgehead atoms. The maximum Gasteiger partial charge on any atom is 0.241 e. The van der Waals surface area contributed by atoms with Crippen LogP contribution in [0.2, 0.25) is 0 Å². The second-order valence-electron chi connectivity index (χ2n) is 3.62. The van der Waals surface area contributed by atoms with Crippen LogP contribution < -0.4 is 11.1 Å². The van der Waals surface area contributed by atoms with Crippen molar-refractivity contribution >= 4 is 39.9 Å². The molecule has 0 heterocycles. The molecule has 0 aliphatic carbocycles. The lowest BCUT2D eigenvalue weighted by Gasteiger charge is -2.16. The van der Waals surface area contributed by atoms with E-state index in [1.165, 1.54) is 12.1 Å². The minimum atomic E-state index is -0.349. The zero-order valence-electron chi connectivity index (χ0n) is 9.76. The van der Waals surface area contributed by atoms with Crippen molar-refractivity contribution in [2.75, 3.05) is 31.2 Å². The van der Waals surface area contributed by atoms with Crippen LogP contribution in [-0.2, 0) is 4.79 Å². The fraction of sp³-hybridized carbons (Fsp3) is 0.364. The largest absolute Gasteiger partial charge is 0.397 e. The minimum absolute atomic E-state index is 0.0640. The van der Waals surface area contributed by atoms with Crippen LogP contribution in [0.5, 0.6) is 0 Å². The molecule has 94 valence electrons. The van der Waals surface area contributed by atoms with E-state index in [1.807, 2.05) is 29.5 Å². The molecule has 0 saturated heterocycles. The van der Waals surface area contributed by atoms with E-state index in [1.54, 1.807) is 11.9 Å². The van der Waals surface area contributed by atoms with Crippen LogP contribution in [-0.4, -0.2) is 30.9 Å². The van der Waals surface area contributed by atoms with Gasteiger partial charge in [-0.3, -0.25) is 4.79 Å². The first kappa shape index (κ1) is 14.0. The maximum atomic E-state index is 13.3. The van der Waals surface area contributed by atoms with E-state index in [4.69, 9.17) is 5.73 Å². The lowest BCUT2D eigenvalue weighted by molar-refractivity contribution is -0.127. The van der Waals surface area contributed by atoms with E-state index in [-0.39, 0.29) is 18.3 Å². The fourth-order valence-electron chi connectivity index (χ4n) is 1.20. The highest BCUT2D eigenvalue weighted by Crippen LogP contribution is 2.23. The number of nitrogen functional groups attached to an aromatic ring is 1. The first-order valence-electron chi connectivity index (χ1n) is 5.18. The Morgan fingerprint density at radius 3 is 2.82 bits per heavy atom. The Labute approximate surface area is 113 Å². The van der Waals surface area contributed by atoms with Crippen molar-refractivity contribution in [3.05, 3.63) is 21.5 Å². The molecule has 1 aromatic rings. The van der Waals surface area contributed by atoms with Crippen LogP contribution in [0.4, 0.5) is 15.8 Å². The molecule has 6 heteroatoms. The number of hydrogen-bond acceptors (Lipinski definition) is 3. The van der Waals surface area contributed by atoms with Crippen LogP contribution in [0, 0.1) is 9.39 Å². The Morgan fingerprint density at radius 1 is 1.59 bits per heavy atom. The Balaban J connectivity index is 2.70. The molecule has 0 radical (unpaired) electrons. The van der Waals surface area contributed by atoms with Gasteiger partial charge in [0.15, 0.2) is 0 Å². The van der Waals surface area contributed by atoms with Gasteiger partial charge < -0.3 is 16.0 Å². The average Bonchev–Trinajstić information content (AvgIpc) is 2.30. The Hall–Kier alpha value is -1.05. The predicted octanol–water partition coefficient (Wildman–Crippen LogP) is 1.90. The van der Waals surface area contributed by atoms with Gasteiger partial charge in [-0.15, -0.1) is 0 Å². The molecule has 0 spiro atoms. The first-order valence-corrected chi connectivity index (χ1v) is 6.26. The lowest BCUT2D eigenvalue weighted by atomic mass is 10.2. The van der Waals surface area contributed by atoms with Crippen LogP contribution in [0.15, 0.2) is 12.1 Å². The normalized spacial score (nSPS) is 10.1.